The zero-order valence-electron chi connectivity index (χ0n) is 10.7. The summed E-state index contributed by atoms with van der Waals surface area (Å²) in [6.07, 6.45) is 0. The van der Waals surface area contributed by atoms with Crippen LogP contribution in [0.2, 0.25) is 0 Å². The molecule has 94 valence electrons. The van der Waals surface area contributed by atoms with Crippen LogP contribution in [0.5, 0.6) is 0 Å². The molecule has 1 amide bonds. The number of carbonyl (C=O) groups excluding carboxylic acids is 1. The molecular formula is C13H19BrN2O. The van der Waals surface area contributed by atoms with Crippen LogP contribution in [0.4, 0.5) is 5.69 Å². The Balaban J connectivity index is 2.64. The maximum atomic E-state index is 11.7. The van der Waals surface area contributed by atoms with Gasteiger partial charge in [-0.1, -0.05) is 15.9 Å². The van der Waals surface area contributed by atoms with E-state index in [-0.39, 0.29) is 18.0 Å². The summed E-state index contributed by atoms with van der Waals surface area (Å²) < 4.78 is 1.07. The molecule has 0 fully saturated rings. The van der Waals surface area contributed by atoms with E-state index in [0.29, 0.717) is 0 Å². The van der Waals surface area contributed by atoms with Crippen LogP contribution in [0.25, 0.3) is 0 Å². The Morgan fingerprint density at radius 3 is 2.47 bits per heavy atom. The van der Waals surface area contributed by atoms with E-state index in [1.165, 1.54) is 0 Å². The quantitative estimate of drug-likeness (QED) is 0.897. The summed E-state index contributed by atoms with van der Waals surface area (Å²) in [5.74, 6) is 0.0144. The first-order chi connectivity index (χ1) is 7.90. The Morgan fingerprint density at radius 2 is 1.94 bits per heavy atom. The molecule has 0 saturated heterocycles. The van der Waals surface area contributed by atoms with Gasteiger partial charge in [-0.2, -0.15) is 0 Å². The molecule has 17 heavy (non-hydrogen) atoms. The van der Waals surface area contributed by atoms with Crippen LogP contribution in [-0.2, 0) is 4.79 Å². The highest BCUT2D eigenvalue weighted by molar-refractivity contribution is 9.10. The van der Waals surface area contributed by atoms with Gasteiger partial charge in [0.15, 0.2) is 0 Å². The Morgan fingerprint density at radius 1 is 1.29 bits per heavy atom. The molecule has 4 heteroatoms. The molecule has 0 aromatic heterocycles. The standard InChI is InChI=1S/C13H19BrN2O/c1-8(2)15-13(17)10(4)16-11-5-6-12(14)9(3)7-11/h5-8,10,16H,1-4H3,(H,15,17). The van der Waals surface area contributed by atoms with Crippen LogP contribution in [0, 0.1) is 6.92 Å². The first kappa shape index (κ1) is 14.0. The van der Waals surface area contributed by atoms with Gasteiger partial charge in [-0.05, 0) is 51.5 Å². The van der Waals surface area contributed by atoms with Crippen molar-refractivity contribution in [2.45, 2.75) is 39.8 Å². The molecule has 0 aliphatic carbocycles. The molecule has 1 aromatic rings. The summed E-state index contributed by atoms with van der Waals surface area (Å²) in [6, 6.07) is 5.88. The highest BCUT2D eigenvalue weighted by atomic mass is 79.9. The summed E-state index contributed by atoms with van der Waals surface area (Å²) in [5.41, 5.74) is 2.10. The molecule has 3 nitrogen and oxygen atoms in total. The van der Waals surface area contributed by atoms with Crippen molar-refractivity contribution in [1.29, 1.82) is 0 Å². The molecule has 1 atom stereocenters. The number of aryl methyl sites for hydroxylation is 1. The average Bonchev–Trinajstić information content (AvgIpc) is 2.22. The van der Waals surface area contributed by atoms with Crippen LogP contribution < -0.4 is 10.6 Å². The monoisotopic (exact) mass is 298 g/mol. The van der Waals surface area contributed by atoms with Gasteiger partial charge < -0.3 is 10.6 Å². The molecule has 0 aliphatic heterocycles. The minimum atomic E-state index is -0.238. The van der Waals surface area contributed by atoms with Crippen molar-refractivity contribution in [3.8, 4) is 0 Å². The van der Waals surface area contributed by atoms with Gasteiger partial charge in [0.1, 0.15) is 6.04 Å². The van der Waals surface area contributed by atoms with Gasteiger partial charge in [0.05, 0.1) is 0 Å². The van der Waals surface area contributed by atoms with E-state index in [1.807, 2.05) is 45.9 Å². The lowest BCUT2D eigenvalue weighted by Crippen LogP contribution is -2.40. The lowest BCUT2D eigenvalue weighted by molar-refractivity contribution is -0.122. The van der Waals surface area contributed by atoms with Crippen molar-refractivity contribution in [3.63, 3.8) is 0 Å². The average molecular weight is 299 g/mol. The fourth-order valence-electron chi connectivity index (χ4n) is 1.46. The topological polar surface area (TPSA) is 41.1 Å². The van der Waals surface area contributed by atoms with Gasteiger partial charge >= 0.3 is 0 Å². The second-order valence-corrected chi connectivity index (χ2v) is 5.35. The van der Waals surface area contributed by atoms with Gasteiger partial charge in [-0.15, -0.1) is 0 Å². The SMILES string of the molecule is Cc1cc(NC(C)C(=O)NC(C)C)ccc1Br. The van der Waals surface area contributed by atoms with E-state index in [9.17, 15) is 4.79 Å². The van der Waals surface area contributed by atoms with Gasteiger partial charge in [0.2, 0.25) is 5.91 Å². The molecule has 1 unspecified atom stereocenters. The Hall–Kier alpha value is -1.03. The zero-order valence-corrected chi connectivity index (χ0v) is 12.3. The van der Waals surface area contributed by atoms with Crippen LogP contribution in [-0.4, -0.2) is 18.0 Å². The first-order valence-electron chi connectivity index (χ1n) is 5.73. The second kappa shape index (κ2) is 6.05. The number of nitrogens with one attached hydrogen (secondary N) is 2. The molecule has 0 aliphatic rings. The van der Waals surface area contributed by atoms with E-state index in [0.717, 1.165) is 15.7 Å². The van der Waals surface area contributed by atoms with Gasteiger partial charge in [0.25, 0.3) is 0 Å². The summed E-state index contributed by atoms with van der Waals surface area (Å²) in [4.78, 5) is 11.7. The Labute approximate surface area is 111 Å². The summed E-state index contributed by atoms with van der Waals surface area (Å²) in [6.45, 7) is 7.78. The van der Waals surface area contributed by atoms with Crippen molar-refractivity contribution in [1.82, 2.24) is 5.32 Å². The van der Waals surface area contributed by atoms with E-state index in [2.05, 4.69) is 26.6 Å². The summed E-state index contributed by atoms with van der Waals surface area (Å²) >= 11 is 3.45. The van der Waals surface area contributed by atoms with Crippen molar-refractivity contribution in [2.24, 2.45) is 0 Å². The predicted molar refractivity (Wildman–Crippen MR) is 75.2 cm³/mol. The fourth-order valence-corrected chi connectivity index (χ4v) is 1.71. The number of anilines is 1. The maximum absolute atomic E-state index is 11.7. The summed E-state index contributed by atoms with van der Waals surface area (Å²) in [7, 11) is 0. The molecule has 0 radical (unpaired) electrons. The number of hydrogen-bond acceptors (Lipinski definition) is 2. The first-order valence-corrected chi connectivity index (χ1v) is 6.52. The van der Waals surface area contributed by atoms with Gasteiger partial charge in [-0.3, -0.25) is 4.79 Å². The zero-order chi connectivity index (χ0) is 13.0. The number of hydrogen-bond donors (Lipinski definition) is 2. The largest absolute Gasteiger partial charge is 0.374 e. The van der Waals surface area contributed by atoms with Crippen molar-refractivity contribution in [3.05, 3.63) is 28.2 Å². The number of benzene rings is 1. The minimum absolute atomic E-state index is 0.0144. The third-order valence-corrected chi connectivity index (χ3v) is 3.26. The van der Waals surface area contributed by atoms with Crippen LogP contribution in [0.1, 0.15) is 26.3 Å². The van der Waals surface area contributed by atoms with Crippen LogP contribution in [0.3, 0.4) is 0 Å². The Bertz CT molecular complexity index is 404. The molecule has 0 saturated carbocycles. The number of rotatable bonds is 4. The summed E-state index contributed by atoms with van der Waals surface area (Å²) in [5, 5.41) is 6.06. The predicted octanol–water partition coefficient (Wildman–Crippen LogP) is 3.08. The molecule has 2 N–H and O–H groups in total. The number of amides is 1. The Kier molecular flexibility index (Phi) is 5.00. The number of carbonyl (C=O) groups is 1. The molecule has 0 heterocycles. The second-order valence-electron chi connectivity index (χ2n) is 4.49. The minimum Gasteiger partial charge on any atom is -0.374 e. The molecule has 1 aromatic carbocycles. The van der Waals surface area contributed by atoms with Crippen molar-refractivity contribution in [2.75, 3.05) is 5.32 Å². The van der Waals surface area contributed by atoms with E-state index < -0.39 is 0 Å². The molecular weight excluding hydrogens is 280 g/mol. The van der Waals surface area contributed by atoms with Crippen molar-refractivity contribution < 1.29 is 4.79 Å². The lowest BCUT2D eigenvalue weighted by atomic mass is 10.2. The van der Waals surface area contributed by atoms with Gasteiger partial charge in [-0.25, -0.2) is 0 Å². The van der Waals surface area contributed by atoms with Gasteiger partial charge in [0, 0.05) is 16.2 Å². The highest BCUT2D eigenvalue weighted by Gasteiger charge is 2.13. The lowest BCUT2D eigenvalue weighted by Gasteiger charge is -2.17. The fraction of sp³-hybridized carbons (Fsp3) is 0.462. The van der Waals surface area contributed by atoms with Crippen molar-refractivity contribution >= 4 is 27.5 Å². The number of halogens is 1. The van der Waals surface area contributed by atoms with Crippen LogP contribution in [0.15, 0.2) is 22.7 Å². The van der Waals surface area contributed by atoms with E-state index in [1.54, 1.807) is 0 Å². The molecule has 0 bridgehead atoms. The van der Waals surface area contributed by atoms with E-state index in [4.69, 9.17) is 0 Å². The third-order valence-electron chi connectivity index (χ3n) is 2.37. The molecule has 1 rings (SSSR count). The highest BCUT2D eigenvalue weighted by Crippen LogP contribution is 2.20. The normalized spacial score (nSPS) is 12.4. The smallest absolute Gasteiger partial charge is 0.242 e. The maximum Gasteiger partial charge on any atom is 0.242 e. The third kappa shape index (κ3) is 4.38. The molecule has 0 spiro atoms. The van der Waals surface area contributed by atoms with E-state index >= 15 is 0 Å². The van der Waals surface area contributed by atoms with Crippen LogP contribution >= 0.6 is 15.9 Å².